The number of likely N-dealkylation sites (tertiary alicyclic amines) is 1. The van der Waals surface area contributed by atoms with Crippen LogP contribution in [0.2, 0.25) is 0 Å². The third-order valence-electron chi connectivity index (χ3n) is 4.81. The predicted octanol–water partition coefficient (Wildman–Crippen LogP) is 3.35. The molecule has 1 heterocycles. The number of hydrogen-bond acceptors (Lipinski definition) is 4. The van der Waals surface area contributed by atoms with Gasteiger partial charge in [-0.05, 0) is 50.1 Å². The van der Waals surface area contributed by atoms with E-state index in [1.807, 2.05) is 18.2 Å². The molecule has 1 saturated heterocycles. The fourth-order valence-electron chi connectivity index (χ4n) is 3.29. The van der Waals surface area contributed by atoms with Gasteiger partial charge in [0, 0.05) is 30.3 Å². The number of nitrogens with one attached hydrogen (secondary N) is 1. The molecule has 2 amide bonds. The van der Waals surface area contributed by atoms with Crippen molar-refractivity contribution < 1.29 is 19.1 Å². The van der Waals surface area contributed by atoms with Crippen molar-refractivity contribution in [3.8, 4) is 0 Å². The lowest BCUT2D eigenvalue weighted by Gasteiger charge is -2.31. The fourth-order valence-corrected chi connectivity index (χ4v) is 3.29. The van der Waals surface area contributed by atoms with Gasteiger partial charge in [0.15, 0.2) is 0 Å². The van der Waals surface area contributed by atoms with Crippen molar-refractivity contribution in [3.63, 3.8) is 0 Å². The maximum Gasteiger partial charge on any atom is 0.338 e. The lowest BCUT2D eigenvalue weighted by Crippen LogP contribution is -2.41. The van der Waals surface area contributed by atoms with Gasteiger partial charge in [-0.2, -0.15) is 0 Å². The first kappa shape index (κ1) is 19.6. The minimum absolute atomic E-state index is 0.00148. The molecule has 1 N–H and O–H groups in total. The van der Waals surface area contributed by atoms with E-state index in [-0.39, 0.29) is 17.7 Å². The van der Waals surface area contributed by atoms with Crippen LogP contribution in [0.3, 0.4) is 0 Å². The minimum atomic E-state index is -0.411. The van der Waals surface area contributed by atoms with Crippen molar-refractivity contribution >= 4 is 23.5 Å². The van der Waals surface area contributed by atoms with Crippen LogP contribution in [0.15, 0.2) is 54.6 Å². The van der Waals surface area contributed by atoms with Crippen molar-refractivity contribution in [2.45, 2.75) is 19.8 Å². The summed E-state index contributed by atoms with van der Waals surface area (Å²) < 4.78 is 4.99. The molecule has 2 aromatic rings. The highest BCUT2D eigenvalue weighted by molar-refractivity contribution is 5.96. The zero-order valence-electron chi connectivity index (χ0n) is 15.9. The number of benzene rings is 2. The van der Waals surface area contributed by atoms with Gasteiger partial charge >= 0.3 is 5.97 Å². The van der Waals surface area contributed by atoms with Gasteiger partial charge in [-0.1, -0.05) is 24.3 Å². The molecule has 6 nitrogen and oxygen atoms in total. The van der Waals surface area contributed by atoms with Gasteiger partial charge in [-0.15, -0.1) is 0 Å². The van der Waals surface area contributed by atoms with Crippen LogP contribution in [-0.2, 0) is 9.53 Å². The summed E-state index contributed by atoms with van der Waals surface area (Å²) >= 11 is 0. The molecule has 0 atom stereocenters. The smallest absolute Gasteiger partial charge is 0.338 e. The second-order valence-corrected chi connectivity index (χ2v) is 6.72. The zero-order chi connectivity index (χ0) is 19.9. The topological polar surface area (TPSA) is 75.7 Å². The van der Waals surface area contributed by atoms with E-state index in [4.69, 9.17) is 4.74 Å². The Morgan fingerprint density at radius 1 is 1.00 bits per heavy atom. The Hall–Kier alpha value is -3.15. The van der Waals surface area contributed by atoms with Gasteiger partial charge in [0.05, 0.1) is 12.2 Å². The molecule has 0 aromatic heterocycles. The van der Waals surface area contributed by atoms with Gasteiger partial charge in [-0.3, -0.25) is 9.59 Å². The van der Waals surface area contributed by atoms with Gasteiger partial charge in [0.25, 0.3) is 5.91 Å². The van der Waals surface area contributed by atoms with Crippen LogP contribution in [0.4, 0.5) is 5.69 Å². The van der Waals surface area contributed by atoms with Crippen molar-refractivity contribution in [3.05, 3.63) is 65.7 Å². The van der Waals surface area contributed by atoms with Crippen molar-refractivity contribution in [1.82, 2.24) is 4.90 Å². The van der Waals surface area contributed by atoms with Crippen LogP contribution in [0, 0.1) is 5.92 Å². The highest BCUT2D eigenvalue weighted by Gasteiger charge is 2.28. The van der Waals surface area contributed by atoms with Crippen molar-refractivity contribution in [2.75, 3.05) is 25.0 Å². The predicted molar refractivity (Wildman–Crippen MR) is 106 cm³/mol. The highest BCUT2D eigenvalue weighted by Crippen LogP contribution is 2.21. The molecule has 1 aliphatic heterocycles. The SMILES string of the molecule is CCOC(=O)c1cccc(NC(=O)C2CCN(C(=O)c3ccccc3)CC2)c1. The summed E-state index contributed by atoms with van der Waals surface area (Å²) in [6.07, 6.45) is 1.23. The number of piperidine rings is 1. The minimum Gasteiger partial charge on any atom is -0.462 e. The second-order valence-electron chi connectivity index (χ2n) is 6.72. The average Bonchev–Trinajstić information content (AvgIpc) is 2.74. The van der Waals surface area contributed by atoms with Crippen LogP contribution in [0.5, 0.6) is 0 Å². The summed E-state index contributed by atoms with van der Waals surface area (Å²) in [4.78, 5) is 38.7. The number of hydrogen-bond donors (Lipinski definition) is 1. The zero-order valence-corrected chi connectivity index (χ0v) is 15.9. The van der Waals surface area contributed by atoms with Gasteiger partial charge in [-0.25, -0.2) is 4.79 Å². The van der Waals surface area contributed by atoms with E-state index in [2.05, 4.69) is 5.32 Å². The van der Waals surface area contributed by atoms with Crippen LogP contribution in [0.25, 0.3) is 0 Å². The second kappa shape index (κ2) is 9.17. The van der Waals surface area contributed by atoms with Gasteiger partial charge in [0.1, 0.15) is 0 Å². The van der Waals surface area contributed by atoms with E-state index in [1.54, 1.807) is 48.2 Å². The Labute approximate surface area is 164 Å². The van der Waals surface area contributed by atoms with Crippen LogP contribution < -0.4 is 5.32 Å². The third kappa shape index (κ3) is 4.76. The van der Waals surface area contributed by atoms with E-state index in [1.165, 1.54) is 0 Å². The molecule has 1 fully saturated rings. The van der Waals surface area contributed by atoms with Crippen molar-refractivity contribution in [1.29, 1.82) is 0 Å². The van der Waals surface area contributed by atoms with E-state index < -0.39 is 5.97 Å². The summed E-state index contributed by atoms with van der Waals surface area (Å²) in [5, 5.41) is 2.87. The fraction of sp³-hybridized carbons (Fsp3) is 0.318. The van der Waals surface area contributed by atoms with Crippen LogP contribution >= 0.6 is 0 Å². The Bertz CT molecular complexity index is 843. The first-order valence-electron chi connectivity index (χ1n) is 9.51. The monoisotopic (exact) mass is 380 g/mol. The molecule has 0 saturated carbocycles. The van der Waals surface area contributed by atoms with E-state index in [0.29, 0.717) is 49.4 Å². The number of nitrogens with zero attached hydrogens (tertiary/aromatic N) is 1. The molecule has 2 aromatic carbocycles. The molecule has 6 heteroatoms. The lowest BCUT2D eigenvalue weighted by molar-refractivity contribution is -0.121. The molecule has 1 aliphatic rings. The van der Waals surface area contributed by atoms with Gasteiger partial charge in [0.2, 0.25) is 5.91 Å². The molecule has 146 valence electrons. The molecule has 0 aliphatic carbocycles. The normalized spacial score (nSPS) is 14.4. The van der Waals surface area contributed by atoms with E-state index >= 15 is 0 Å². The standard InChI is InChI=1S/C22H24N2O4/c1-2-28-22(27)18-9-6-10-19(15-18)23-20(25)16-11-13-24(14-12-16)21(26)17-7-4-3-5-8-17/h3-10,15-16H,2,11-14H2,1H3,(H,23,25). The molecule has 28 heavy (non-hydrogen) atoms. The molecule has 0 bridgehead atoms. The number of esters is 1. The molecule has 3 rings (SSSR count). The molecular formula is C22H24N2O4. The average molecular weight is 380 g/mol. The molecular weight excluding hydrogens is 356 g/mol. The van der Waals surface area contributed by atoms with Crippen LogP contribution in [-0.4, -0.2) is 42.4 Å². The summed E-state index contributed by atoms with van der Waals surface area (Å²) in [5.41, 5.74) is 1.64. The Kier molecular flexibility index (Phi) is 6.42. The highest BCUT2D eigenvalue weighted by atomic mass is 16.5. The molecule has 0 radical (unpaired) electrons. The Balaban J connectivity index is 1.55. The number of anilines is 1. The Morgan fingerprint density at radius 2 is 1.68 bits per heavy atom. The number of amides is 2. The number of rotatable bonds is 5. The molecule has 0 spiro atoms. The summed E-state index contributed by atoms with van der Waals surface area (Å²) in [7, 11) is 0. The largest absolute Gasteiger partial charge is 0.462 e. The van der Waals surface area contributed by atoms with Gasteiger partial charge < -0.3 is 15.0 Å². The number of ether oxygens (including phenoxy) is 1. The third-order valence-corrected chi connectivity index (χ3v) is 4.81. The maximum absolute atomic E-state index is 12.6. The van der Waals surface area contributed by atoms with E-state index in [9.17, 15) is 14.4 Å². The quantitative estimate of drug-likeness (QED) is 0.807. The maximum atomic E-state index is 12.6. The Morgan fingerprint density at radius 3 is 2.36 bits per heavy atom. The summed E-state index contributed by atoms with van der Waals surface area (Å²) in [6, 6.07) is 15.9. The number of carbonyl (C=O) groups is 3. The van der Waals surface area contributed by atoms with Crippen molar-refractivity contribution in [2.24, 2.45) is 5.92 Å². The first-order valence-corrected chi connectivity index (χ1v) is 9.51. The molecule has 0 unspecified atom stereocenters. The summed E-state index contributed by atoms with van der Waals surface area (Å²) in [5.74, 6) is -0.660. The lowest BCUT2D eigenvalue weighted by atomic mass is 9.95. The summed E-state index contributed by atoms with van der Waals surface area (Å²) in [6.45, 7) is 3.15. The number of carbonyl (C=O) groups excluding carboxylic acids is 3. The first-order chi connectivity index (χ1) is 13.6. The van der Waals surface area contributed by atoms with E-state index in [0.717, 1.165) is 0 Å². The van der Waals surface area contributed by atoms with Crippen LogP contribution in [0.1, 0.15) is 40.5 Å².